The molecule has 0 spiro atoms. The van der Waals surface area contributed by atoms with Crippen LogP contribution in [0.15, 0.2) is 65.7 Å². The van der Waals surface area contributed by atoms with Gasteiger partial charge in [-0.05, 0) is 54.3 Å². The van der Waals surface area contributed by atoms with E-state index in [4.69, 9.17) is 4.98 Å². The van der Waals surface area contributed by atoms with Crippen molar-refractivity contribution in [2.75, 3.05) is 14.1 Å². The van der Waals surface area contributed by atoms with Gasteiger partial charge in [0.25, 0.3) is 0 Å². The molecule has 0 unspecified atom stereocenters. The van der Waals surface area contributed by atoms with Crippen LogP contribution in [-0.2, 0) is 0 Å². The Kier molecular flexibility index (Phi) is 4.70. The number of imidazole rings is 1. The van der Waals surface area contributed by atoms with Crippen molar-refractivity contribution in [3.8, 4) is 22.5 Å². The number of H-pyrrole nitrogens is 1. The van der Waals surface area contributed by atoms with Crippen LogP contribution in [0.2, 0.25) is 0 Å². The van der Waals surface area contributed by atoms with Crippen molar-refractivity contribution in [2.45, 2.75) is 13.8 Å². The molecule has 0 amide bonds. The van der Waals surface area contributed by atoms with Crippen LogP contribution in [0.1, 0.15) is 16.7 Å². The molecule has 0 aliphatic rings. The van der Waals surface area contributed by atoms with E-state index in [0.717, 1.165) is 33.8 Å². The molecule has 4 heteroatoms. The highest BCUT2D eigenvalue weighted by Crippen LogP contribution is 2.27. The molecule has 140 valence electrons. The predicted octanol–water partition coefficient (Wildman–Crippen LogP) is 5.11. The van der Waals surface area contributed by atoms with Crippen molar-refractivity contribution in [1.82, 2.24) is 15.3 Å². The van der Waals surface area contributed by atoms with Crippen molar-refractivity contribution in [3.63, 3.8) is 0 Å². The topological polar surface area (TPSA) is 53.1 Å². The number of rotatable bonds is 3. The van der Waals surface area contributed by atoms with Crippen molar-refractivity contribution >= 4 is 16.9 Å². The molecule has 0 bridgehead atoms. The summed E-state index contributed by atoms with van der Waals surface area (Å²) in [7, 11) is 3.67. The van der Waals surface area contributed by atoms with Gasteiger partial charge in [0.1, 0.15) is 11.7 Å². The second-order valence-corrected chi connectivity index (χ2v) is 7.02. The molecular formula is C24H24N4. The number of nitrogens with one attached hydrogen (secondary N) is 2. The first-order chi connectivity index (χ1) is 13.6. The molecule has 0 aliphatic carbocycles. The number of amidine groups is 1. The lowest BCUT2D eigenvalue weighted by Crippen LogP contribution is -2.19. The summed E-state index contributed by atoms with van der Waals surface area (Å²) in [5, 5.41) is 3.13. The highest BCUT2D eigenvalue weighted by atomic mass is 15.0. The molecule has 3 aromatic carbocycles. The lowest BCUT2D eigenvalue weighted by Gasteiger charge is -2.06. The lowest BCUT2D eigenvalue weighted by molar-refractivity contribution is 1.15. The average molecular weight is 368 g/mol. The first kappa shape index (κ1) is 18.0. The van der Waals surface area contributed by atoms with Gasteiger partial charge in [-0.1, -0.05) is 42.5 Å². The standard InChI is InChI=1S/C24H24N4/c1-15-8-9-17(12-16(15)2)18-10-11-21-22(14-18)28-24(27-21)20-7-5-6-19(13-20)23(25-3)26-4/h5-14H,1-4H3,(H,25,26)(H,27,28). The number of hydrogen-bond acceptors (Lipinski definition) is 2. The molecule has 4 rings (SSSR count). The van der Waals surface area contributed by atoms with Gasteiger partial charge in [-0.2, -0.15) is 0 Å². The van der Waals surface area contributed by atoms with Crippen LogP contribution in [0.4, 0.5) is 0 Å². The molecular weight excluding hydrogens is 344 g/mol. The van der Waals surface area contributed by atoms with Crippen LogP contribution in [0.3, 0.4) is 0 Å². The Balaban J connectivity index is 1.75. The zero-order valence-corrected chi connectivity index (χ0v) is 16.7. The largest absolute Gasteiger partial charge is 0.373 e. The molecule has 4 aromatic rings. The van der Waals surface area contributed by atoms with E-state index in [1.54, 1.807) is 7.05 Å². The minimum Gasteiger partial charge on any atom is -0.373 e. The number of benzene rings is 3. The summed E-state index contributed by atoms with van der Waals surface area (Å²) in [6, 6.07) is 21.2. The van der Waals surface area contributed by atoms with E-state index in [2.05, 4.69) is 77.7 Å². The van der Waals surface area contributed by atoms with Gasteiger partial charge in [0.15, 0.2) is 0 Å². The molecule has 0 radical (unpaired) electrons. The molecule has 0 aliphatic heterocycles. The molecule has 1 heterocycles. The predicted molar refractivity (Wildman–Crippen MR) is 118 cm³/mol. The summed E-state index contributed by atoms with van der Waals surface area (Å²) in [6.07, 6.45) is 0. The van der Waals surface area contributed by atoms with E-state index in [0.29, 0.717) is 0 Å². The fourth-order valence-electron chi connectivity index (χ4n) is 3.44. The molecule has 0 atom stereocenters. The van der Waals surface area contributed by atoms with Gasteiger partial charge in [-0.3, -0.25) is 4.99 Å². The summed E-state index contributed by atoms with van der Waals surface area (Å²) in [6.45, 7) is 4.29. The van der Waals surface area contributed by atoms with E-state index >= 15 is 0 Å². The van der Waals surface area contributed by atoms with Gasteiger partial charge in [-0.25, -0.2) is 4.98 Å². The van der Waals surface area contributed by atoms with Gasteiger partial charge >= 0.3 is 0 Å². The van der Waals surface area contributed by atoms with Crippen molar-refractivity contribution in [1.29, 1.82) is 0 Å². The smallest absolute Gasteiger partial charge is 0.138 e. The summed E-state index contributed by atoms with van der Waals surface area (Å²) in [5.41, 5.74) is 9.09. The Labute approximate surface area is 165 Å². The third-order valence-electron chi connectivity index (χ3n) is 5.19. The number of hydrogen-bond donors (Lipinski definition) is 2. The number of fused-ring (bicyclic) bond motifs is 1. The van der Waals surface area contributed by atoms with Gasteiger partial charge in [0.2, 0.25) is 0 Å². The fraction of sp³-hybridized carbons (Fsp3) is 0.167. The molecule has 0 fully saturated rings. The van der Waals surface area contributed by atoms with E-state index in [9.17, 15) is 0 Å². The van der Waals surface area contributed by atoms with Crippen LogP contribution < -0.4 is 5.32 Å². The number of aromatic amines is 1. The van der Waals surface area contributed by atoms with Crippen LogP contribution in [-0.4, -0.2) is 29.9 Å². The highest BCUT2D eigenvalue weighted by molar-refractivity contribution is 5.99. The average Bonchev–Trinajstić information content (AvgIpc) is 3.15. The molecule has 2 N–H and O–H groups in total. The van der Waals surface area contributed by atoms with Gasteiger partial charge in [0, 0.05) is 25.2 Å². The van der Waals surface area contributed by atoms with Gasteiger partial charge in [0.05, 0.1) is 11.0 Å². The Morgan fingerprint density at radius 3 is 2.43 bits per heavy atom. The monoisotopic (exact) mass is 368 g/mol. The van der Waals surface area contributed by atoms with Crippen molar-refractivity contribution in [2.24, 2.45) is 4.99 Å². The van der Waals surface area contributed by atoms with E-state index in [-0.39, 0.29) is 0 Å². The van der Waals surface area contributed by atoms with Crippen LogP contribution in [0.5, 0.6) is 0 Å². The van der Waals surface area contributed by atoms with Crippen LogP contribution in [0.25, 0.3) is 33.5 Å². The number of aryl methyl sites for hydroxylation is 2. The van der Waals surface area contributed by atoms with E-state index in [1.807, 2.05) is 19.2 Å². The van der Waals surface area contributed by atoms with Crippen molar-refractivity contribution in [3.05, 3.63) is 77.4 Å². The van der Waals surface area contributed by atoms with E-state index in [1.165, 1.54) is 22.3 Å². The first-order valence-electron chi connectivity index (χ1n) is 9.42. The Morgan fingerprint density at radius 2 is 1.68 bits per heavy atom. The fourth-order valence-corrected chi connectivity index (χ4v) is 3.44. The Bertz CT molecular complexity index is 1180. The number of aliphatic imine (C=N–C) groups is 1. The van der Waals surface area contributed by atoms with E-state index < -0.39 is 0 Å². The third kappa shape index (κ3) is 3.29. The molecule has 1 aromatic heterocycles. The normalized spacial score (nSPS) is 11.8. The Morgan fingerprint density at radius 1 is 0.893 bits per heavy atom. The highest BCUT2D eigenvalue weighted by Gasteiger charge is 2.09. The maximum Gasteiger partial charge on any atom is 0.138 e. The second-order valence-electron chi connectivity index (χ2n) is 7.02. The Hall–Kier alpha value is -3.40. The SMILES string of the molecule is C/N=C(\NC)c1cccc(-c2nc3cc(-c4ccc(C)c(C)c4)ccc3[nH]2)c1. The van der Waals surface area contributed by atoms with Gasteiger partial charge in [-0.15, -0.1) is 0 Å². The van der Waals surface area contributed by atoms with Crippen LogP contribution in [0, 0.1) is 13.8 Å². The maximum atomic E-state index is 4.85. The molecule has 28 heavy (non-hydrogen) atoms. The van der Waals surface area contributed by atoms with Gasteiger partial charge < -0.3 is 10.3 Å². The quantitative estimate of drug-likeness (QED) is 0.390. The molecule has 4 nitrogen and oxygen atoms in total. The zero-order chi connectivity index (χ0) is 19.7. The number of nitrogens with zero attached hydrogens (tertiary/aromatic N) is 2. The van der Waals surface area contributed by atoms with Crippen molar-refractivity contribution < 1.29 is 0 Å². The minimum absolute atomic E-state index is 0.856. The van der Waals surface area contributed by atoms with Crippen LogP contribution >= 0.6 is 0 Å². The summed E-state index contributed by atoms with van der Waals surface area (Å²) < 4.78 is 0. The summed E-state index contributed by atoms with van der Waals surface area (Å²) >= 11 is 0. The first-order valence-corrected chi connectivity index (χ1v) is 9.42. The summed E-state index contributed by atoms with van der Waals surface area (Å²) in [5.74, 6) is 1.72. The lowest BCUT2D eigenvalue weighted by atomic mass is 10.0. The number of aromatic nitrogens is 2. The second kappa shape index (κ2) is 7.31. The third-order valence-corrected chi connectivity index (χ3v) is 5.19. The zero-order valence-electron chi connectivity index (χ0n) is 16.7. The minimum atomic E-state index is 0.856. The molecule has 0 saturated carbocycles. The maximum absolute atomic E-state index is 4.85. The summed E-state index contributed by atoms with van der Waals surface area (Å²) in [4.78, 5) is 12.6. The molecule has 0 saturated heterocycles.